The molecule has 0 spiro atoms. The molecule has 2 aromatic carbocycles. The minimum Gasteiger partial charge on any atom is -0.465 e. The number of rotatable bonds is 6. The molecule has 2 atom stereocenters. The first-order chi connectivity index (χ1) is 16.0. The summed E-state index contributed by atoms with van der Waals surface area (Å²) in [5, 5.41) is 6.25. The molecule has 7 heteroatoms. The maximum Gasteiger partial charge on any atom is 0.323 e. The molecule has 0 saturated carbocycles. The van der Waals surface area contributed by atoms with Crippen LogP contribution in [0.2, 0.25) is 0 Å². The van der Waals surface area contributed by atoms with Gasteiger partial charge >= 0.3 is 5.97 Å². The average Bonchev–Trinajstić information content (AvgIpc) is 3.26. The highest BCUT2D eigenvalue weighted by Gasteiger charge is 2.37. The Hall–Kier alpha value is -3.06. The fraction of sp³-hybridized carbons (Fsp3) is 0.423. The number of carbonyl (C=O) groups excluding carboxylic acids is 2. The van der Waals surface area contributed by atoms with E-state index in [9.17, 15) is 14.0 Å². The largest absolute Gasteiger partial charge is 0.465 e. The summed E-state index contributed by atoms with van der Waals surface area (Å²) in [5.74, 6) is -0.732. The highest BCUT2D eigenvalue weighted by atomic mass is 19.1. The normalized spacial score (nSPS) is 21.1. The third kappa shape index (κ3) is 5.14. The molecule has 0 aliphatic carbocycles. The summed E-state index contributed by atoms with van der Waals surface area (Å²) in [4.78, 5) is 27.9. The second kappa shape index (κ2) is 10.3. The van der Waals surface area contributed by atoms with Gasteiger partial charge in [0.1, 0.15) is 11.9 Å². The molecule has 2 aromatic rings. The summed E-state index contributed by atoms with van der Waals surface area (Å²) in [6.07, 6.45) is 3.12. The van der Waals surface area contributed by atoms with Crippen molar-refractivity contribution in [1.29, 1.82) is 0 Å². The van der Waals surface area contributed by atoms with Crippen LogP contribution in [0.1, 0.15) is 55.3 Å². The topological polar surface area (TPSA) is 62.2 Å². The molecular weight excluding hydrogens is 421 g/mol. The molecule has 2 heterocycles. The van der Waals surface area contributed by atoms with Gasteiger partial charge in [-0.2, -0.15) is 5.10 Å². The van der Waals surface area contributed by atoms with Gasteiger partial charge in [-0.15, -0.1) is 0 Å². The van der Waals surface area contributed by atoms with E-state index in [-0.39, 0.29) is 30.3 Å². The van der Waals surface area contributed by atoms with Gasteiger partial charge in [0.05, 0.1) is 24.9 Å². The Balaban J connectivity index is 1.60. The third-order valence-corrected chi connectivity index (χ3v) is 6.40. The molecule has 1 fully saturated rings. The summed E-state index contributed by atoms with van der Waals surface area (Å²) >= 11 is 0. The highest BCUT2D eigenvalue weighted by Crippen LogP contribution is 2.35. The number of hydrogen-bond donors (Lipinski definition) is 0. The molecule has 0 radical (unpaired) electrons. The van der Waals surface area contributed by atoms with E-state index >= 15 is 0 Å². The zero-order valence-corrected chi connectivity index (χ0v) is 19.2. The number of esters is 1. The van der Waals surface area contributed by atoms with E-state index in [1.165, 1.54) is 12.1 Å². The molecule has 33 heavy (non-hydrogen) atoms. The minimum absolute atomic E-state index is 0.103. The summed E-state index contributed by atoms with van der Waals surface area (Å²) in [7, 11) is 0. The number of hydrazone groups is 1. The van der Waals surface area contributed by atoms with Crippen LogP contribution in [0.5, 0.6) is 0 Å². The smallest absolute Gasteiger partial charge is 0.323 e. The van der Waals surface area contributed by atoms with Crippen LogP contribution in [0.3, 0.4) is 0 Å². The van der Waals surface area contributed by atoms with Crippen LogP contribution < -0.4 is 0 Å². The number of aryl methyl sites for hydroxylation is 1. The van der Waals surface area contributed by atoms with Crippen molar-refractivity contribution < 1.29 is 18.7 Å². The molecular formula is C26H30FN3O3. The van der Waals surface area contributed by atoms with Gasteiger partial charge in [0, 0.05) is 6.42 Å². The van der Waals surface area contributed by atoms with Crippen molar-refractivity contribution >= 4 is 17.6 Å². The lowest BCUT2D eigenvalue weighted by molar-refractivity contribution is -0.152. The van der Waals surface area contributed by atoms with Gasteiger partial charge in [-0.1, -0.05) is 42.8 Å². The Labute approximate surface area is 194 Å². The molecule has 0 bridgehead atoms. The Morgan fingerprint density at radius 2 is 1.88 bits per heavy atom. The number of benzene rings is 2. The van der Waals surface area contributed by atoms with Crippen molar-refractivity contribution in [2.24, 2.45) is 5.10 Å². The number of likely N-dealkylation sites (tertiary alicyclic amines) is 1. The van der Waals surface area contributed by atoms with Gasteiger partial charge in [0.15, 0.2) is 0 Å². The predicted molar refractivity (Wildman–Crippen MR) is 124 cm³/mol. The number of piperidine rings is 1. The fourth-order valence-electron chi connectivity index (χ4n) is 4.69. The number of hydrogen-bond acceptors (Lipinski definition) is 5. The molecule has 1 amide bonds. The van der Waals surface area contributed by atoms with Crippen molar-refractivity contribution in [3.8, 4) is 0 Å². The average molecular weight is 452 g/mol. The SMILES string of the molecule is CCOC(=O)[C@@H]1CCCCN1CC(=O)N1N=C(c2ccc(F)cc2)C[C@@H]1c1ccccc1C. The highest BCUT2D eigenvalue weighted by molar-refractivity contribution is 6.03. The Morgan fingerprint density at radius 1 is 1.12 bits per heavy atom. The van der Waals surface area contributed by atoms with E-state index in [4.69, 9.17) is 9.84 Å². The van der Waals surface area contributed by atoms with Crippen molar-refractivity contribution in [1.82, 2.24) is 9.91 Å². The van der Waals surface area contributed by atoms with Crippen LogP contribution in [0.15, 0.2) is 53.6 Å². The lowest BCUT2D eigenvalue weighted by Crippen LogP contribution is -2.49. The van der Waals surface area contributed by atoms with E-state index in [2.05, 4.69) is 0 Å². The quantitative estimate of drug-likeness (QED) is 0.617. The molecule has 1 saturated heterocycles. The molecule has 2 aliphatic heterocycles. The van der Waals surface area contributed by atoms with Crippen LogP contribution in [-0.2, 0) is 14.3 Å². The zero-order valence-electron chi connectivity index (χ0n) is 19.2. The zero-order chi connectivity index (χ0) is 23.4. The van der Waals surface area contributed by atoms with Gasteiger partial charge in [0.25, 0.3) is 5.91 Å². The van der Waals surface area contributed by atoms with Crippen LogP contribution in [0, 0.1) is 12.7 Å². The van der Waals surface area contributed by atoms with Crippen LogP contribution in [0.25, 0.3) is 0 Å². The lowest BCUT2D eigenvalue weighted by Gasteiger charge is -2.34. The Morgan fingerprint density at radius 3 is 2.61 bits per heavy atom. The maximum absolute atomic E-state index is 13.5. The summed E-state index contributed by atoms with van der Waals surface area (Å²) < 4.78 is 18.7. The number of amides is 1. The second-order valence-electron chi connectivity index (χ2n) is 8.60. The van der Waals surface area contributed by atoms with Crippen molar-refractivity contribution in [3.63, 3.8) is 0 Å². The summed E-state index contributed by atoms with van der Waals surface area (Å²) in [6.45, 7) is 4.91. The van der Waals surface area contributed by atoms with Crippen molar-refractivity contribution in [2.45, 2.75) is 51.6 Å². The van der Waals surface area contributed by atoms with E-state index in [0.29, 0.717) is 26.0 Å². The van der Waals surface area contributed by atoms with E-state index in [0.717, 1.165) is 35.2 Å². The molecule has 0 unspecified atom stereocenters. The van der Waals surface area contributed by atoms with Gasteiger partial charge in [-0.05, 0) is 62.1 Å². The monoisotopic (exact) mass is 451 g/mol. The first-order valence-corrected chi connectivity index (χ1v) is 11.6. The predicted octanol–water partition coefficient (Wildman–Crippen LogP) is 4.23. The molecule has 2 aliphatic rings. The Bertz CT molecular complexity index is 1040. The Kier molecular flexibility index (Phi) is 7.18. The summed E-state index contributed by atoms with van der Waals surface area (Å²) in [5.41, 5.74) is 3.66. The van der Waals surface area contributed by atoms with Crippen LogP contribution in [-0.4, -0.2) is 53.2 Å². The first kappa shape index (κ1) is 23.1. The lowest BCUT2D eigenvalue weighted by atomic mass is 9.95. The standard InChI is InChI=1S/C26H30FN3O3/c1-3-33-26(32)23-10-6-7-15-29(23)17-25(31)30-24(21-9-5-4-8-18(21)2)16-22(28-30)19-11-13-20(27)14-12-19/h4-5,8-9,11-14,23-24H,3,6-7,10,15-17H2,1-2H3/t23-,24+/m0/s1. The van der Waals surface area contributed by atoms with E-state index < -0.39 is 6.04 Å². The number of nitrogens with zero attached hydrogens (tertiary/aromatic N) is 3. The fourth-order valence-corrected chi connectivity index (χ4v) is 4.69. The van der Waals surface area contributed by atoms with E-state index in [1.54, 1.807) is 24.1 Å². The molecule has 0 aromatic heterocycles. The van der Waals surface area contributed by atoms with Gasteiger partial charge in [-0.3, -0.25) is 14.5 Å². The van der Waals surface area contributed by atoms with Gasteiger partial charge < -0.3 is 4.74 Å². The van der Waals surface area contributed by atoms with Crippen molar-refractivity contribution in [2.75, 3.05) is 19.7 Å². The summed E-state index contributed by atoms with van der Waals surface area (Å²) in [6, 6.07) is 13.5. The maximum atomic E-state index is 13.5. The first-order valence-electron chi connectivity index (χ1n) is 11.6. The van der Waals surface area contributed by atoms with Crippen LogP contribution in [0.4, 0.5) is 4.39 Å². The molecule has 174 valence electrons. The molecule has 4 rings (SSSR count). The third-order valence-electron chi connectivity index (χ3n) is 6.40. The van der Waals surface area contributed by atoms with Crippen molar-refractivity contribution in [3.05, 3.63) is 71.0 Å². The number of carbonyl (C=O) groups is 2. The van der Waals surface area contributed by atoms with E-state index in [1.807, 2.05) is 36.1 Å². The van der Waals surface area contributed by atoms with Crippen LogP contribution >= 0.6 is 0 Å². The van der Waals surface area contributed by atoms with Gasteiger partial charge in [-0.25, -0.2) is 9.40 Å². The minimum atomic E-state index is -0.400. The number of halogens is 1. The van der Waals surface area contributed by atoms with Gasteiger partial charge in [0.2, 0.25) is 0 Å². The number of ether oxygens (including phenoxy) is 1. The second-order valence-corrected chi connectivity index (χ2v) is 8.60. The molecule has 0 N–H and O–H groups in total. The molecule has 6 nitrogen and oxygen atoms in total.